The van der Waals surface area contributed by atoms with E-state index in [0.29, 0.717) is 12.4 Å². The molecular weight excluding hydrogens is 302 g/mol. The Morgan fingerprint density at radius 2 is 1.83 bits per heavy atom. The summed E-state index contributed by atoms with van der Waals surface area (Å²) in [5.41, 5.74) is 0.142. The van der Waals surface area contributed by atoms with E-state index >= 15 is 0 Å². The summed E-state index contributed by atoms with van der Waals surface area (Å²) in [5.74, 6) is -1.29. The van der Waals surface area contributed by atoms with Crippen LogP contribution in [0.25, 0.3) is 0 Å². The highest BCUT2D eigenvalue weighted by Gasteiger charge is 2.31. The van der Waals surface area contributed by atoms with Crippen LogP contribution in [0, 0.1) is 17.0 Å². The largest absolute Gasteiger partial charge is 0.493 e. The molecule has 0 saturated heterocycles. The number of halogens is 3. The molecule has 0 aliphatic heterocycles. The minimum absolute atomic E-state index is 0.142. The van der Waals surface area contributed by atoms with E-state index in [1.54, 1.807) is 0 Å². The van der Waals surface area contributed by atoms with Crippen LogP contribution in [0.3, 0.4) is 0 Å². The smallest absolute Gasteiger partial charge is 0.162 e. The molecule has 0 N–H and O–H groups in total. The van der Waals surface area contributed by atoms with Crippen molar-refractivity contribution in [2.24, 2.45) is 5.41 Å². The second kappa shape index (κ2) is 6.00. The first-order chi connectivity index (χ1) is 8.65. The molecule has 0 radical (unpaired) electrons. The molecule has 1 aliphatic rings. The zero-order chi connectivity index (χ0) is 13.0. The van der Waals surface area contributed by atoms with Gasteiger partial charge in [-0.25, -0.2) is 8.78 Å². The van der Waals surface area contributed by atoms with Gasteiger partial charge >= 0.3 is 0 Å². The van der Waals surface area contributed by atoms with E-state index in [4.69, 9.17) is 4.74 Å². The van der Waals surface area contributed by atoms with Crippen LogP contribution in [0.1, 0.15) is 32.1 Å². The van der Waals surface area contributed by atoms with Gasteiger partial charge in [0, 0.05) is 16.8 Å². The summed E-state index contributed by atoms with van der Waals surface area (Å²) in [6, 6.07) is 3.69. The Bertz CT molecular complexity index is 403. The summed E-state index contributed by atoms with van der Waals surface area (Å²) in [6.45, 7) is 0.559. The summed E-state index contributed by atoms with van der Waals surface area (Å²) in [4.78, 5) is 0. The number of ether oxygens (including phenoxy) is 1. The molecule has 2 rings (SSSR count). The van der Waals surface area contributed by atoms with Crippen molar-refractivity contribution in [3.8, 4) is 5.75 Å². The van der Waals surface area contributed by atoms with E-state index in [1.165, 1.54) is 25.3 Å². The third-order valence-corrected chi connectivity index (χ3v) is 4.82. The predicted molar refractivity (Wildman–Crippen MR) is 71.2 cm³/mol. The SMILES string of the molecule is Fc1ccc(OCC2(CBr)CCCCC2)cc1F. The van der Waals surface area contributed by atoms with Gasteiger partial charge in [-0.15, -0.1) is 0 Å². The fourth-order valence-corrected chi connectivity index (χ4v) is 3.14. The van der Waals surface area contributed by atoms with Gasteiger partial charge < -0.3 is 4.74 Å². The Morgan fingerprint density at radius 1 is 1.11 bits per heavy atom. The lowest BCUT2D eigenvalue weighted by Gasteiger charge is -2.35. The molecule has 100 valence electrons. The molecule has 1 saturated carbocycles. The summed E-state index contributed by atoms with van der Waals surface area (Å²) in [6.07, 6.45) is 5.96. The number of benzene rings is 1. The van der Waals surface area contributed by atoms with E-state index in [9.17, 15) is 8.78 Å². The molecule has 0 unspecified atom stereocenters. The predicted octanol–water partition coefficient (Wildman–Crippen LogP) is 4.69. The average Bonchev–Trinajstić information content (AvgIpc) is 2.41. The Kier molecular flexibility index (Phi) is 4.60. The molecule has 18 heavy (non-hydrogen) atoms. The summed E-state index contributed by atoms with van der Waals surface area (Å²) < 4.78 is 31.5. The number of rotatable bonds is 4. The highest BCUT2D eigenvalue weighted by atomic mass is 79.9. The molecule has 0 amide bonds. The standard InChI is InChI=1S/C14H17BrF2O/c15-9-14(6-2-1-3-7-14)10-18-11-4-5-12(16)13(17)8-11/h4-5,8H,1-3,6-7,9-10H2. The molecule has 4 heteroatoms. The van der Waals surface area contributed by atoms with Crippen LogP contribution in [0.15, 0.2) is 18.2 Å². The molecule has 1 aromatic carbocycles. The maximum atomic E-state index is 13.1. The fourth-order valence-electron chi connectivity index (χ4n) is 2.42. The Morgan fingerprint density at radius 3 is 2.44 bits per heavy atom. The van der Waals surface area contributed by atoms with Gasteiger partial charge in [0.05, 0.1) is 6.61 Å². The normalized spacial score (nSPS) is 18.6. The first kappa shape index (κ1) is 13.8. The Hall–Kier alpha value is -0.640. The highest BCUT2D eigenvalue weighted by molar-refractivity contribution is 9.09. The molecule has 0 aromatic heterocycles. The van der Waals surface area contributed by atoms with Crippen molar-refractivity contribution in [1.82, 2.24) is 0 Å². The van der Waals surface area contributed by atoms with Crippen molar-refractivity contribution >= 4 is 15.9 Å². The van der Waals surface area contributed by atoms with Gasteiger partial charge in [0.1, 0.15) is 5.75 Å². The van der Waals surface area contributed by atoms with Gasteiger partial charge in [-0.05, 0) is 25.0 Å². The van der Waals surface area contributed by atoms with Crippen molar-refractivity contribution in [3.63, 3.8) is 0 Å². The maximum absolute atomic E-state index is 13.1. The Labute approximate surface area is 115 Å². The zero-order valence-electron chi connectivity index (χ0n) is 10.2. The highest BCUT2D eigenvalue weighted by Crippen LogP contribution is 2.38. The number of hydrogen-bond donors (Lipinski definition) is 0. The van der Waals surface area contributed by atoms with Gasteiger partial charge in [0.2, 0.25) is 0 Å². The van der Waals surface area contributed by atoms with Gasteiger partial charge in [0.15, 0.2) is 11.6 Å². The minimum Gasteiger partial charge on any atom is -0.493 e. The van der Waals surface area contributed by atoms with Crippen molar-refractivity contribution in [2.75, 3.05) is 11.9 Å². The second-order valence-corrected chi connectivity index (χ2v) is 5.62. The number of hydrogen-bond acceptors (Lipinski definition) is 1. The lowest BCUT2D eigenvalue weighted by Crippen LogP contribution is -2.32. The van der Waals surface area contributed by atoms with Crippen LogP contribution in [0.5, 0.6) is 5.75 Å². The van der Waals surface area contributed by atoms with Crippen molar-refractivity contribution < 1.29 is 13.5 Å². The monoisotopic (exact) mass is 318 g/mol. The first-order valence-electron chi connectivity index (χ1n) is 6.29. The minimum atomic E-state index is -0.857. The second-order valence-electron chi connectivity index (χ2n) is 5.06. The van der Waals surface area contributed by atoms with Crippen LogP contribution >= 0.6 is 15.9 Å². The average molecular weight is 319 g/mol. The van der Waals surface area contributed by atoms with Crippen LogP contribution in [0.4, 0.5) is 8.78 Å². The lowest BCUT2D eigenvalue weighted by atomic mass is 9.76. The topological polar surface area (TPSA) is 9.23 Å². The van der Waals surface area contributed by atoms with Crippen LogP contribution in [-0.4, -0.2) is 11.9 Å². The van der Waals surface area contributed by atoms with Crippen molar-refractivity contribution in [1.29, 1.82) is 0 Å². The van der Waals surface area contributed by atoms with Gasteiger partial charge in [-0.1, -0.05) is 35.2 Å². The molecule has 1 aromatic rings. The molecule has 1 aliphatic carbocycles. The maximum Gasteiger partial charge on any atom is 0.162 e. The lowest BCUT2D eigenvalue weighted by molar-refractivity contribution is 0.121. The molecule has 0 spiro atoms. The number of alkyl halides is 1. The molecule has 1 nitrogen and oxygen atoms in total. The Balaban J connectivity index is 1.98. The van der Waals surface area contributed by atoms with E-state index in [-0.39, 0.29) is 5.41 Å². The molecule has 0 atom stereocenters. The van der Waals surface area contributed by atoms with Crippen LogP contribution in [0.2, 0.25) is 0 Å². The van der Waals surface area contributed by atoms with E-state index in [0.717, 1.165) is 30.3 Å². The van der Waals surface area contributed by atoms with Gasteiger partial charge in [-0.2, -0.15) is 0 Å². The third-order valence-electron chi connectivity index (χ3n) is 3.63. The van der Waals surface area contributed by atoms with Gasteiger partial charge in [-0.3, -0.25) is 0 Å². The fraction of sp³-hybridized carbons (Fsp3) is 0.571. The van der Waals surface area contributed by atoms with Crippen molar-refractivity contribution in [3.05, 3.63) is 29.8 Å². The first-order valence-corrected chi connectivity index (χ1v) is 7.41. The molecule has 1 fully saturated rings. The molecule has 0 heterocycles. The third kappa shape index (κ3) is 3.22. The zero-order valence-corrected chi connectivity index (χ0v) is 11.8. The molecule has 0 bridgehead atoms. The van der Waals surface area contributed by atoms with Crippen LogP contribution < -0.4 is 4.74 Å². The van der Waals surface area contributed by atoms with Gasteiger partial charge in [0.25, 0.3) is 0 Å². The van der Waals surface area contributed by atoms with E-state index < -0.39 is 11.6 Å². The van der Waals surface area contributed by atoms with E-state index in [2.05, 4.69) is 15.9 Å². The summed E-state index contributed by atoms with van der Waals surface area (Å²) in [7, 11) is 0. The van der Waals surface area contributed by atoms with Crippen LogP contribution in [-0.2, 0) is 0 Å². The summed E-state index contributed by atoms with van der Waals surface area (Å²) >= 11 is 3.55. The molecular formula is C14H17BrF2O. The summed E-state index contributed by atoms with van der Waals surface area (Å²) in [5, 5.41) is 0.893. The van der Waals surface area contributed by atoms with E-state index in [1.807, 2.05) is 0 Å². The van der Waals surface area contributed by atoms with Crippen molar-refractivity contribution in [2.45, 2.75) is 32.1 Å². The quantitative estimate of drug-likeness (QED) is 0.732.